The van der Waals surface area contributed by atoms with Crippen LogP contribution in [0.15, 0.2) is 60.7 Å². The van der Waals surface area contributed by atoms with E-state index < -0.39 is 0 Å². The lowest BCUT2D eigenvalue weighted by atomic mass is 10.0. The third-order valence-electron chi connectivity index (χ3n) is 3.98. The summed E-state index contributed by atoms with van der Waals surface area (Å²) in [5.74, 6) is 0.121. The molecule has 2 nitrogen and oxygen atoms in total. The highest BCUT2D eigenvalue weighted by Gasteiger charge is 2.23. The highest BCUT2D eigenvalue weighted by molar-refractivity contribution is 5.94. The SMILES string of the molecule is CC(C)N(C(=O)c1ccccc1)C(C)CCc1ccccc1. The van der Waals surface area contributed by atoms with Gasteiger partial charge in [-0.2, -0.15) is 0 Å². The van der Waals surface area contributed by atoms with Gasteiger partial charge in [-0.05, 0) is 51.3 Å². The fourth-order valence-electron chi connectivity index (χ4n) is 2.83. The maximum absolute atomic E-state index is 12.8. The highest BCUT2D eigenvalue weighted by atomic mass is 16.2. The van der Waals surface area contributed by atoms with Gasteiger partial charge in [-0.3, -0.25) is 4.79 Å². The monoisotopic (exact) mass is 295 g/mol. The molecule has 0 fully saturated rings. The summed E-state index contributed by atoms with van der Waals surface area (Å²) in [6.45, 7) is 6.31. The standard InChI is InChI=1S/C20H25NO/c1-16(2)21(20(22)19-12-8-5-9-13-19)17(3)14-15-18-10-6-4-7-11-18/h4-13,16-17H,14-15H2,1-3H3. The van der Waals surface area contributed by atoms with E-state index in [9.17, 15) is 4.79 Å². The lowest BCUT2D eigenvalue weighted by Gasteiger charge is -2.33. The molecular weight excluding hydrogens is 270 g/mol. The zero-order chi connectivity index (χ0) is 15.9. The van der Waals surface area contributed by atoms with Crippen molar-refractivity contribution in [3.05, 3.63) is 71.8 Å². The molecule has 0 saturated heterocycles. The molecule has 0 saturated carbocycles. The first-order valence-electron chi connectivity index (χ1n) is 8.01. The van der Waals surface area contributed by atoms with Crippen LogP contribution in [0.1, 0.15) is 43.1 Å². The molecule has 0 aliphatic rings. The Morgan fingerprint density at radius 2 is 1.45 bits per heavy atom. The van der Waals surface area contributed by atoms with Crippen LogP contribution >= 0.6 is 0 Å². The van der Waals surface area contributed by atoms with Gasteiger partial charge in [0, 0.05) is 17.6 Å². The van der Waals surface area contributed by atoms with Crippen molar-refractivity contribution in [1.82, 2.24) is 4.90 Å². The van der Waals surface area contributed by atoms with Crippen molar-refractivity contribution in [1.29, 1.82) is 0 Å². The average molecular weight is 295 g/mol. The van der Waals surface area contributed by atoms with Gasteiger partial charge in [0.2, 0.25) is 0 Å². The van der Waals surface area contributed by atoms with Crippen LogP contribution in [0, 0.1) is 0 Å². The third-order valence-corrected chi connectivity index (χ3v) is 3.98. The molecule has 0 spiro atoms. The van der Waals surface area contributed by atoms with Gasteiger partial charge >= 0.3 is 0 Å². The summed E-state index contributed by atoms with van der Waals surface area (Å²) in [6.07, 6.45) is 1.97. The van der Waals surface area contributed by atoms with Crippen molar-refractivity contribution in [3.8, 4) is 0 Å². The Morgan fingerprint density at radius 3 is 2.00 bits per heavy atom. The minimum Gasteiger partial charge on any atom is -0.334 e. The molecule has 116 valence electrons. The molecule has 1 amide bonds. The predicted molar refractivity (Wildman–Crippen MR) is 92.0 cm³/mol. The number of amides is 1. The van der Waals surface area contributed by atoms with Gasteiger partial charge < -0.3 is 4.90 Å². The molecule has 0 bridgehead atoms. The molecular formula is C20H25NO. The first-order valence-corrected chi connectivity index (χ1v) is 8.01. The van der Waals surface area contributed by atoms with E-state index in [1.807, 2.05) is 41.3 Å². The van der Waals surface area contributed by atoms with Crippen LogP contribution < -0.4 is 0 Å². The summed E-state index contributed by atoms with van der Waals surface area (Å²) in [6, 6.07) is 20.4. The van der Waals surface area contributed by atoms with Gasteiger partial charge in [0.05, 0.1) is 0 Å². The smallest absolute Gasteiger partial charge is 0.254 e. The molecule has 2 heteroatoms. The van der Waals surface area contributed by atoms with Gasteiger partial charge in [-0.15, -0.1) is 0 Å². The van der Waals surface area contributed by atoms with E-state index in [1.54, 1.807) is 0 Å². The number of hydrogen-bond donors (Lipinski definition) is 0. The molecule has 0 heterocycles. The van der Waals surface area contributed by atoms with Gasteiger partial charge in [0.1, 0.15) is 0 Å². The fourth-order valence-corrected chi connectivity index (χ4v) is 2.83. The molecule has 0 N–H and O–H groups in total. The van der Waals surface area contributed by atoms with Crippen molar-refractivity contribution in [2.45, 2.75) is 45.7 Å². The Balaban J connectivity index is 2.05. The van der Waals surface area contributed by atoms with E-state index in [0.717, 1.165) is 18.4 Å². The fraction of sp³-hybridized carbons (Fsp3) is 0.350. The van der Waals surface area contributed by atoms with Crippen molar-refractivity contribution in [3.63, 3.8) is 0 Å². The summed E-state index contributed by atoms with van der Waals surface area (Å²) in [5, 5.41) is 0. The van der Waals surface area contributed by atoms with Crippen molar-refractivity contribution in [2.24, 2.45) is 0 Å². The van der Waals surface area contributed by atoms with Crippen LogP contribution in [0.3, 0.4) is 0 Å². The Kier molecular flexibility index (Phi) is 5.76. The first-order chi connectivity index (χ1) is 10.6. The largest absolute Gasteiger partial charge is 0.334 e. The van der Waals surface area contributed by atoms with E-state index in [1.165, 1.54) is 5.56 Å². The highest BCUT2D eigenvalue weighted by Crippen LogP contribution is 2.16. The average Bonchev–Trinajstić information content (AvgIpc) is 2.54. The molecule has 1 atom stereocenters. The second-order valence-electron chi connectivity index (χ2n) is 6.05. The first kappa shape index (κ1) is 16.3. The number of aryl methyl sites for hydroxylation is 1. The summed E-state index contributed by atoms with van der Waals surface area (Å²) in [7, 11) is 0. The van der Waals surface area contributed by atoms with Gasteiger partial charge in [-0.1, -0.05) is 48.5 Å². The quantitative estimate of drug-likeness (QED) is 0.765. The summed E-state index contributed by atoms with van der Waals surface area (Å²) in [4.78, 5) is 14.8. The molecule has 0 radical (unpaired) electrons. The van der Waals surface area contributed by atoms with Gasteiger partial charge in [0.25, 0.3) is 5.91 Å². The molecule has 0 aromatic heterocycles. The minimum absolute atomic E-state index is 0.121. The lowest BCUT2D eigenvalue weighted by Crippen LogP contribution is -2.43. The third kappa shape index (κ3) is 4.20. The van der Waals surface area contributed by atoms with Crippen LogP contribution in [0.4, 0.5) is 0 Å². The van der Waals surface area contributed by atoms with E-state index in [-0.39, 0.29) is 18.0 Å². The Labute approximate surface area is 133 Å². The van der Waals surface area contributed by atoms with Crippen LogP contribution in [-0.4, -0.2) is 22.9 Å². The van der Waals surface area contributed by atoms with E-state index in [4.69, 9.17) is 0 Å². The number of carbonyl (C=O) groups excluding carboxylic acids is 1. The summed E-state index contributed by atoms with van der Waals surface area (Å²) >= 11 is 0. The van der Waals surface area contributed by atoms with E-state index in [0.29, 0.717) is 0 Å². The summed E-state index contributed by atoms with van der Waals surface area (Å²) < 4.78 is 0. The molecule has 1 unspecified atom stereocenters. The number of carbonyl (C=O) groups is 1. The van der Waals surface area contributed by atoms with Gasteiger partial charge in [-0.25, -0.2) is 0 Å². The van der Waals surface area contributed by atoms with Crippen LogP contribution in [0.25, 0.3) is 0 Å². The number of benzene rings is 2. The second-order valence-corrected chi connectivity index (χ2v) is 6.05. The number of nitrogens with zero attached hydrogens (tertiary/aromatic N) is 1. The Morgan fingerprint density at radius 1 is 0.909 bits per heavy atom. The Bertz CT molecular complexity index is 577. The lowest BCUT2D eigenvalue weighted by molar-refractivity contribution is 0.0617. The van der Waals surface area contributed by atoms with Crippen LogP contribution in [0.5, 0.6) is 0 Å². The normalized spacial score (nSPS) is 12.2. The predicted octanol–water partition coefficient (Wildman–Crippen LogP) is 4.56. The maximum Gasteiger partial charge on any atom is 0.254 e. The maximum atomic E-state index is 12.8. The molecule has 0 aliphatic heterocycles. The molecule has 2 rings (SSSR count). The van der Waals surface area contributed by atoms with Crippen molar-refractivity contribution < 1.29 is 4.79 Å². The van der Waals surface area contributed by atoms with E-state index >= 15 is 0 Å². The zero-order valence-electron chi connectivity index (χ0n) is 13.7. The van der Waals surface area contributed by atoms with Crippen molar-refractivity contribution in [2.75, 3.05) is 0 Å². The van der Waals surface area contributed by atoms with Crippen LogP contribution in [0.2, 0.25) is 0 Å². The summed E-state index contributed by atoms with van der Waals surface area (Å²) in [5.41, 5.74) is 2.09. The van der Waals surface area contributed by atoms with E-state index in [2.05, 4.69) is 45.0 Å². The molecule has 2 aromatic rings. The zero-order valence-corrected chi connectivity index (χ0v) is 13.7. The molecule has 22 heavy (non-hydrogen) atoms. The molecule has 2 aromatic carbocycles. The second kappa shape index (κ2) is 7.79. The Hall–Kier alpha value is -2.09. The molecule has 0 aliphatic carbocycles. The topological polar surface area (TPSA) is 20.3 Å². The number of rotatable bonds is 6. The van der Waals surface area contributed by atoms with Crippen LogP contribution in [-0.2, 0) is 6.42 Å². The van der Waals surface area contributed by atoms with Gasteiger partial charge in [0.15, 0.2) is 0 Å². The minimum atomic E-state index is 0.121. The van der Waals surface area contributed by atoms with Crippen molar-refractivity contribution >= 4 is 5.91 Å². The number of hydrogen-bond acceptors (Lipinski definition) is 1.